The van der Waals surface area contributed by atoms with Crippen molar-refractivity contribution in [1.82, 2.24) is 4.98 Å². The van der Waals surface area contributed by atoms with E-state index in [1.807, 2.05) is 0 Å². The molecule has 1 amide bonds. The normalized spacial score (nSPS) is 17.5. The van der Waals surface area contributed by atoms with E-state index in [0.717, 1.165) is 5.56 Å². The second-order valence-electron chi connectivity index (χ2n) is 9.91. The fourth-order valence-electron chi connectivity index (χ4n) is 4.73. The number of aliphatic hydroxyl groups is 1. The lowest BCUT2D eigenvalue weighted by molar-refractivity contribution is -0.0221. The molecule has 3 N–H and O–H groups in total. The molecule has 14 heteroatoms. The molecule has 1 aromatic carbocycles. The molecule has 0 atom stereocenters. The van der Waals surface area contributed by atoms with Crippen molar-refractivity contribution in [3.05, 3.63) is 53.1 Å². The number of halogens is 4. The van der Waals surface area contributed by atoms with Crippen LogP contribution in [-0.2, 0) is 10.0 Å². The van der Waals surface area contributed by atoms with Crippen LogP contribution in [0.25, 0.3) is 0 Å². The molecule has 9 nitrogen and oxygen atoms in total. The minimum absolute atomic E-state index is 0.0361. The summed E-state index contributed by atoms with van der Waals surface area (Å²) in [5, 5.41) is 11.8. The average molecular weight is 586 g/mol. The number of pyridine rings is 1. The molecule has 218 valence electrons. The lowest BCUT2D eigenvalue weighted by Crippen LogP contribution is -2.39. The van der Waals surface area contributed by atoms with Crippen LogP contribution in [0.15, 0.2) is 42.0 Å². The number of hydrogen-bond acceptors (Lipinski definition) is 7. The predicted molar refractivity (Wildman–Crippen MR) is 145 cm³/mol. The Kier molecular flexibility index (Phi) is 8.88. The van der Waals surface area contributed by atoms with Gasteiger partial charge in [0.25, 0.3) is 17.9 Å². The Morgan fingerprint density at radius 2 is 1.73 bits per heavy atom. The zero-order valence-corrected chi connectivity index (χ0v) is 22.7. The van der Waals surface area contributed by atoms with Crippen molar-refractivity contribution in [3.63, 3.8) is 0 Å². The first-order chi connectivity index (χ1) is 18.9. The molecular formula is C26H31F4N5O4S. The van der Waals surface area contributed by atoms with Crippen molar-refractivity contribution in [1.29, 1.82) is 0 Å². The average Bonchev–Trinajstić information content (AvgIpc) is 2.88. The van der Waals surface area contributed by atoms with Crippen molar-refractivity contribution in [2.75, 3.05) is 58.4 Å². The molecule has 1 aromatic heterocycles. The number of amides is 1. The van der Waals surface area contributed by atoms with Gasteiger partial charge >= 0.3 is 0 Å². The first-order valence-corrected chi connectivity index (χ1v) is 14.5. The van der Waals surface area contributed by atoms with E-state index in [2.05, 4.69) is 15.0 Å². The molecule has 2 aromatic rings. The highest BCUT2D eigenvalue weighted by atomic mass is 32.2. The van der Waals surface area contributed by atoms with Crippen LogP contribution in [0.1, 0.15) is 41.6 Å². The molecule has 0 saturated carbocycles. The Bertz CT molecular complexity index is 1380. The first kappa shape index (κ1) is 29.6. The number of hydrogen-bond donors (Lipinski definition) is 3. The first-order valence-electron chi connectivity index (χ1n) is 12.8. The van der Waals surface area contributed by atoms with Crippen LogP contribution in [0.2, 0.25) is 0 Å². The van der Waals surface area contributed by atoms with Gasteiger partial charge in [-0.1, -0.05) is 0 Å². The number of anilines is 4. The van der Waals surface area contributed by atoms with Crippen LogP contribution in [-0.4, -0.2) is 68.9 Å². The molecule has 2 aliphatic rings. The monoisotopic (exact) mass is 585 g/mol. The fraction of sp³-hybridized carbons (Fsp3) is 0.462. The van der Waals surface area contributed by atoms with Crippen molar-refractivity contribution in [2.45, 2.75) is 38.5 Å². The van der Waals surface area contributed by atoms with Gasteiger partial charge in [-0.15, -0.1) is 0 Å². The summed E-state index contributed by atoms with van der Waals surface area (Å²) in [7, 11) is -3.85. The largest absolute Gasteiger partial charge is 0.395 e. The summed E-state index contributed by atoms with van der Waals surface area (Å²) < 4.78 is 80.2. The quantitative estimate of drug-likeness (QED) is 0.395. The molecule has 3 heterocycles. The summed E-state index contributed by atoms with van der Waals surface area (Å²) in [6.07, 6.45) is -2.13. The van der Waals surface area contributed by atoms with Gasteiger partial charge in [0.05, 0.1) is 29.3 Å². The van der Waals surface area contributed by atoms with Gasteiger partial charge in [0, 0.05) is 39.0 Å². The van der Waals surface area contributed by atoms with Gasteiger partial charge in [-0.2, -0.15) is 8.78 Å². The molecule has 0 spiro atoms. The summed E-state index contributed by atoms with van der Waals surface area (Å²) >= 11 is 0. The third-order valence-corrected chi connectivity index (χ3v) is 8.13. The minimum atomic E-state index is -3.85. The summed E-state index contributed by atoms with van der Waals surface area (Å²) in [5.74, 6) is -3.13. The molecular weight excluding hydrogens is 554 g/mol. The van der Waals surface area contributed by atoms with Gasteiger partial charge in [-0.05, 0) is 61.2 Å². The van der Waals surface area contributed by atoms with E-state index in [-0.39, 0.29) is 74.5 Å². The molecule has 2 fully saturated rings. The number of carbonyl (C=O) groups is 1. The Hall–Kier alpha value is -3.39. The maximum atomic E-state index is 13.6. The van der Waals surface area contributed by atoms with Gasteiger partial charge in [-0.25, -0.2) is 22.2 Å². The molecule has 2 saturated heterocycles. The lowest BCUT2D eigenvalue weighted by atomic mass is 10.0. The molecule has 2 aliphatic heterocycles. The van der Waals surface area contributed by atoms with E-state index in [4.69, 9.17) is 5.11 Å². The zero-order valence-electron chi connectivity index (χ0n) is 21.9. The Labute approximate surface area is 229 Å². The summed E-state index contributed by atoms with van der Waals surface area (Å²) in [4.78, 5) is 21.4. The maximum absolute atomic E-state index is 13.6. The molecule has 0 bridgehead atoms. The van der Waals surface area contributed by atoms with E-state index in [0.29, 0.717) is 11.5 Å². The van der Waals surface area contributed by atoms with E-state index in [1.165, 1.54) is 18.2 Å². The third kappa shape index (κ3) is 7.42. The van der Waals surface area contributed by atoms with Gasteiger partial charge in [0.1, 0.15) is 11.6 Å². The molecule has 4 rings (SSSR count). The van der Waals surface area contributed by atoms with Gasteiger partial charge < -0.3 is 20.2 Å². The summed E-state index contributed by atoms with van der Waals surface area (Å²) in [6, 6.07) is 7.66. The Morgan fingerprint density at radius 3 is 2.35 bits per heavy atom. The SMILES string of the molecule is Cc1cc(NC(=O)c2ccc(NS(=O)(=O)CCO)cc2N2CCC(=C(F)F)CC2)nc(N2CCC(F)(F)CC2)c1. The van der Waals surface area contributed by atoms with E-state index in [1.54, 1.807) is 28.9 Å². The second-order valence-corrected chi connectivity index (χ2v) is 11.8. The Balaban J connectivity index is 1.60. The van der Waals surface area contributed by atoms with Gasteiger partial charge in [0.2, 0.25) is 10.0 Å². The molecule has 0 radical (unpaired) electrons. The number of carbonyl (C=O) groups excluding carboxylic acids is 1. The van der Waals surface area contributed by atoms with Crippen LogP contribution in [0, 0.1) is 6.92 Å². The number of sulfonamides is 1. The van der Waals surface area contributed by atoms with Crippen molar-refractivity contribution in [3.8, 4) is 0 Å². The fourth-order valence-corrected chi connectivity index (χ4v) is 5.56. The summed E-state index contributed by atoms with van der Waals surface area (Å²) in [5.41, 5.74) is 1.45. The number of aliphatic hydroxyl groups excluding tert-OH is 1. The van der Waals surface area contributed by atoms with Crippen LogP contribution in [0.3, 0.4) is 0 Å². The van der Waals surface area contributed by atoms with Gasteiger partial charge in [0.15, 0.2) is 0 Å². The molecule has 0 aliphatic carbocycles. The Morgan fingerprint density at radius 1 is 1.05 bits per heavy atom. The smallest absolute Gasteiger partial charge is 0.269 e. The van der Waals surface area contributed by atoms with Gasteiger partial charge in [-0.3, -0.25) is 9.52 Å². The highest BCUT2D eigenvalue weighted by Gasteiger charge is 2.34. The van der Waals surface area contributed by atoms with Crippen molar-refractivity contribution < 1.29 is 35.9 Å². The molecule has 0 unspecified atom stereocenters. The summed E-state index contributed by atoms with van der Waals surface area (Å²) in [6.45, 7) is 1.84. The number of alkyl halides is 2. The molecule has 40 heavy (non-hydrogen) atoms. The van der Waals surface area contributed by atoms with Crippen LogP contribution in [0.4, 0.5) is 40.6 Å². The maximum Gasteiger partial charge on any atom is 0.269 e. The van der Waals surface area contributed by atoms with Crippen molar-refractivity contribution in [2.24, 2.45) is 0 Å². The highest BCUT2D eigenvalue weighted by Crippen LogP contribution is 2.33. The number of benzene rings is 1. The van der Waals surface area contributed by atoms with Crippen LogP contribution < -0.4 is 19.8 Å². The topological polar surface area (TPSA) is 115 Å². The van der Waals surface area contributed by atoms with Crippen LogP contribution >= 0.6 is 0 Å². The second kappa shape index (κ2) is 12.0. The lowest BCUT2D eigenvalue weighted by Gasteiger charge is -2.33. The van der Waals surface area contributed by atoms with E-state index in [9.17, 15) is 30.8 Å². The van der Waals surface area contributed by atoms with Crippen molar-refractivity contribution >= 4 is 38.9 Å². The minimum Gasteiger partial charge on any atom is -0.395 e. The number of aryl methyl sites for hydroxylation is 1. The van der Waals surface area contributed by atoms with E-state index < -0.39 is 40.3 Å². The zero-order chi connectivity index (χ0) is 29.1. The van der Waals surface area contributed by atoms with Crippen LogP contribution in [0.5, 0.6) is 0 Å². The number of rotatable bonds is 8. The number of nitrogens with one attached hydrogen (secondary N) is 2. The third-order valence-electron chi connectivity index (χ3n) is 6.87. The number of aromatic nitrogens is 1. The number of piperidine rings is 2. The highest BCUT2D eigenvalue weighted by molar-refractivity contribution is 7.92. The predicted octanol–water partition coefficient (Wildman–Crippen LogP) is 4.36. The standard InChI is InChI=1S/C26H31F4N5O4S/c1-17-14-22(31-23(15-17)35-10-6-26(29,30)7-11-35)32-25(37)20-3-2-19(33-40(38,39)13-12-36)16-21(20)34-8-4-18(5-9-34)24(27)28/h2-3,14-16,33,36H,4-13H2,1H3,(H,31,32,37). The van der Waals surface area contributed by atoms with E-state index >= 15 is 0 Å². The number of nitrogens with zero attached hydrogens (tertiary/aromatic N) is 3.